The van der Waals surface area contributed by atoms with Crippen LogP contribution in [0.1, 0.15) is 40.0 Å². The minimum atomic E-state index is -0.490. The molecule has 8 nitrogen and oxygen atoms in total. The number of nitrogens with two attached hydrogens (primary N) is 1. The summed E-state index contributed by atoms with van der Waals surface area (Å²) in [6, 6.07) is 0.176. The quantitative estimate of drug-likeness (QED) is 0.634. The van der Waals surface area contributed by atoms with Crippen LogP contribution in [0.15, 0.2) is 0 Å². The molecule has 0 aromatic carbocycles. The molecule has 122 valence electrons. The van der Waals surface area contributed by atoms with E-state index in [1.165, 1.54) is 0 Å². The first-order valence-electron chi connectivity index (χ1n) is 7.75. The Balaban J connectivity index is 2.37. The van der Waals surface area contributed by atoms with Crippen LogP contribution in [0.2, 0.25) is 0 Å². The summed E-state index contributed by atoms with van der Waals surface area (Å²) >= 11 is 0. The molecule has 2 rings (SSSR count). The maximum atomic E-state index is 11.3. The third-order valence-corrected chi connectivity index (χ3v) is 4.15. The summed E-state index contributed by atoms with van der Waals surface area (Å²) in [6.07, 6.45) is 2.89. The summed E-state index contributed by atoms with van der Waals surface area (Å²) in [6.45, 7) is 7.74. The molecule has 0 aliphatic carbocycles. The zero-order valence-corrected chi connectivity index (χ0v) is 13.4. The molecular formula is C14H24N6O2. The van der Waals surface area contributed by atoms with Crippen molar-refractivity contribution in [2.24, 2.45) is 5.92 Å². The Labute approximate surface area is 130 Å². The van der Waals surface area contributed by atoms with E-state index in [0.29, 0.717) is 17.7 Å². The van der Waals surface area contributed by atoms with Gasteiger partial charge in [0.15, 0.2) is 0 Å². The van der Waals surface area contributed by atoms with Gasteiger partial charge in [-0.3, -0.25) is 10.1 Å². The van der Waals surface area contributed by atoms with Crippen molar-refractivity contribution in [1.82, 2.24) is 9.97 Å². The molecule has 0 unspecified atom stereocenters. The third kappa shape index (κ3) is 3.55. The Hall–Kier alpha value is -2.12. The normalized spacial score (nSPS) is 17.3. The fourth-order valence-electron chi connectivity index (χ4n) is 2.46. The van der Waals surface area contributed by atoms with E-state index in [0.717, 1.165) is 32.4 Å². The van der Waals surface area contributed by atoms with Crippen LogP contribution >= 0.6 is 0 Å². The molecule has 2 heterocycles. The highest BCUT2D eigenvalue weighted by Gasteiger charge is 2.29. The van der Waals surface area contributed by atoms with Crippen LogP contribution < -0.4 is 16.0 Å². The smallest absolute Gasteiger partial charge is 0.353 e. The van der Waals surface area contributed by atoms with Gasteiger partial charge in [-0.1, -0.05) is 13.8 Å². The topological polar surface area (TPSA) is 110 Å². The lowest BCUT2D eigenvalue weighted by atomic mass is 9.99. The van der Waals surface area contributed by atoms with E-state index in [-0.39, 0.29) is 17.5 Å². The first-order valence-corrected chi connectivity index (χ1v) is 7.75. The molecule has 0 spiro atoms. The van der Waals surface area contributed by atoms with Gasteiger partial charge in [0.2, 0.25) is 17.6 Å². The fraction of sp³-hybridized carbons (Fsp3) is 0.714. The van der Waals surface area contributed by atoms with Crippen molar-refractivity contribution in [3.8, 4) is 0 Å². The Kier molecular flexibility index (Phi) is 4.99. The van der Waals surface area contributed by atoms with Gasteiger partial charge in [0.1, 0.15) is 0 Å². The SMILES string of the molecule is CC[C@@H](C)Nc1nc(N)c([N+](=O)[O-])c(N2CCC(C)CC2)n1. The third-order valence-electron chi connectivity index (χ3n) is 4.15. The molecular weight excluding hydrogens is 284 g/mol. The molecule has 0 amide bonds. The predicted molar refractivity (Wildman–Crippen MR) is 87.1 cm³/mol. The number of nitrogens with one attached hydrogen (secondary N) is 1. The van der Waals surface area contributed by atoms with Gasteiger partial charge >= 0.3 is 5.69 Å². The van der Waals surface area contributed by atoms with Crippen molar-refractivity contribution in [2.75, 3.05) is 29.0 Å². The zero-order chi connectivity index (χ0) is 16.3. The zero-order valence-electron chi connectivity index (χ0n) is 13.4. The van der Waals surface area contributed by atoms with E-state index >= 15 is 0 Å². The maximum absolute atomic E-state index is 11.3. The standard InChI is InChI=1S/C14H24N6O2/c1-4-10(3)16-14-17-12(15)11(20(21)22)13(18-14)19-7-5-9(2)6-8-19/h9-10H,4-8H2,1-3H3,(H3,15,16,17,18)/t10-/m1/s1. The highest BCUT2D eigenvalue weighted by molar-refractivity contribution is 5.71. The Morgan fingerprint density at radius 1 is 1.45 bits per heavy atom. The second kappa shape index (κ2) is 6.76. The number of nitrogen functional groups attached to an aromatic ring is 1. The minimum absolute atomic E-state index is 0.0839. The number of hydrogen-bond donors (Lipinski definition) is 2. The van der Waals surface area contributed by atoms with E-state index in [1.54, 1.807) is 0 Å². The molecule has 1 saturated heterocycles. The molecule has 22 heavy (non-hydrogen) atoms. The number of nitrogens with zero attached hydrogens (tertiary/aromatic N) is 4. The van der Waals surface area contributed by atoms with Crippen molar-refractivity contribution in [3.05, 3.63) is 10.1 Å². The van der Waals surface area contributed by atoms with Crippen LogP contribution in [0.5, 0.6) is 0 Å². The van der Waals surface area contributed by atoms with Crippen LogP contribution in [-0.4, -0.2) is 34.0 Å². The van der Waals surface area contributed by atoms with Gasteiger partial charge in [-0.15, -0.1) is 0 Å². The first kappa shape index (κ1) is 16.3. The van der Waals surface area contributed by atoms with Crippen LogP contribution in [-0.2, 0) is 0 Å². The largest absolute Gasteiger partial charge is 0.378 e. The lowest BCUT2D eigenvalue weighted by Crippen LogP contribution is -2.34. The van der Waals surface area contributed by atoms with Crippen molar-refractivity contribution in [2.45, 2.75) is 46.1 Å². The summed E-state index contributed by atoms with van der Waals surface area (Å²) in [5.41, 5.74) is 5.62. The molecule has 0 saturated carbocycles. The second-order valence-corrected chi connectivity index (χ2v) is 5.98. The number of hydrogen-bond acceptors (Lipinski definition) is 7. The van der Waals surface area contributed by atoms with Gasteiger partial charge in [-0.25, -0.2) is 0 Å². The monoisotopic (exact) mass is 308 g/mol. The molecule has 1 fully saturated rings. The van der Waals surface area contributed by atoms with Crippen LogP contribution in [0.25, 0.3) is 0 Å². The van der Waals surface area contributed by atoms with Gasteiger partial charge in [-0.05, 0) is 32.1 Å². The Morgan fingerprint density at radius 3 is 2.64 bits per heavy atom. The summed E-state index contributed by atoms with van der Waals surface area (Å²) < 4.78 is 0. The van der Waals surface area contributed by atoms with Crippen LogP contribution in [0, 0.1) is 16.0 Å². The summed E-state index contributed by atoms with van der Waals surface area (Å²) in [5.74, 6) is 1.23. The van der Waals surface area contributed by atoms with Crippen molar-refractivity contribution >= 4 is 23.3 Å². The molecule has 1 aliphatic rings. The van der Waals surface area contributed by atoms with E-state index in [1.807, 2.05) is 18.7 Å². The number of piperidine rings is 1. The van der Waals surface area contributed by atoms with Gasteiger partial charge in [0, 0.05) is 19.1 Å². The predicted octanol–water partition coefficient (Wildman–Crippen LogP) is 2.41. The number of nitro groups is 1. The highest BCUT2D eigenvalue weighted by atomic mass is 16.6. The van der Waals surface area contributed by atoms with Crippen molar-refractivity contribution < 1.29 is 4.92 Å². The lowest BCUT2D eigenvalue weighted by Gasteiger charge is -2.31. The van der Waals surface area contributed by atoms with Gasteiger partial charge in [0.25, 0.3) is 0 Å². The molecule has 1 aromatic rings. The molecule has 3 N–H and O–H groups in total. The van der Waals surface area contributed by atoms with Gasteiger partial charge in [-0.2, -0.15) is 9.97 Å². The molecule has 0 bridgehead atoms. The van der Waals surface area contributed by atoms with Crippen LogP contribution in [0.3, 0.4) is 0 Å². The van der Waals surface area contributed by atoms with E-state index in [2.05, 4.69) is 22.2 Å². The Morgan fingerprint density at radius 2 is 2.09 bits per heavy atom. The van der Waals surface area contributed by atoms with Crippen LogP contribution in [0.4, 0.5) is 23.3 Å². The van der Waals surface area contributed by atoms with E-state index in [4.69, 9.17) is 5.73 Å². The summed E-state index contributed by atoms with van der Waals surface area (Å²) in [4.78, 5) is 21.2. The minimum Gasteiger partial charge on any atom is -0.378 e. The molecule has 1 aliphatic heterocycles. The number of rotatable bonds is 5. The molecule has 1 aromatic heterocycles. The highest BCUT2D eigenvalue weighted by Crippen LogP contribution is 2.34. The second-order valence-electron chi connectivity index (χ2n) is 5.98. The van der Waals surface area contributed by atoms with Gasteiger partial charge in [0.05, 0.1) is 4.92 Å². The van der Waals surface area contributed by atoms with Crippen molar-refractivity contribution in [1.29, 1.82) is 0 Å². The average molecular weight is 308 g/mol. The van der Waals surface area contributed by atoms with Gasteiger partial charge < -0.3 is 16.0 Å². The molecule has 0 radical (unpaired) electrons. The fourth-order valence-corrected chi connectivity index (χ4v) is 2.46. The lowest BCUT2D eigenvalue weighted by molar-refractivity contribution is -0.383. The molecule has 1 atom stereocenters. The molecule has 8 heteroatoms. The summed E-state index contributed by atoms with van der Waals surface area (Å²) in [5, 5.41) is 14.5. The van der Waals surface area contributed by atoms with E-state index < -0.39 is 4.92 Å². The Bertz CT molecular complexity index is 542. The number of aromatic nitrogens is 2. The van der Waals surface area contributed by atoms with E-state index in [9.17, 15) is 10.1 Å². The maximum Gasteiger partial charge on any atom is 0.353 e. The average Bonchev–Trinajstić information content (AvgIpc) is 2.46. The number of anilines is 3. The van der Waals surface area contributed by atoms with Crippen molar-refractivity contribution in [3.63, 3.8) is 0 Å². The first-order chi connectivity index (χ1) is 10.4. The summed E-state index contributed by atoms with van der Waals surface area (Å²) in [7, 11) is 0.